The lowest BCUT2D eigenvalue weighted by Gasteiger charge is -2.15. The second-order valence-corrected chi connectivity index (χ2v) is 8.30. The number of sulfonamides is 1. The van der Waals surface area contributed by atoms with Crippen LogP contribution in [0.5, 0.6) is 5.75 Å². The Morgan fingerprint density at radius 3 is 2.71 bits per heavy atom. The number of anilines is 2. The SMILES string of the molecule is CN(C)CC(=O)Nc1cc(O)ccc1S(=O)(=O)Nc1ccc2c(c1)B(O)OC2. The summed E-state index contributed by atoms with van der Waals surface area (Å²) in [7, 11) is -1.78. The number of likely N-dealkylation sites (N-methyl/N-ethyl adjacent to an activating group) is 1. The molecule has 9 nitrogen and oxygen atoms in total. The smallest absolute Gasteiger partial charge is 0.491 e. The summed E-state index contributed by atoms with van der Waals surface area (Å²) in [4.78, 5) is 13.5. The van der Waals surface area contributed by atoms with E-state index in [1.165, 1.54) is 24.3 Å². The molecule has 0 aromatic heterocycles. The average molecular weight is 405 g/mol. The second kappa shape index (κ2) is 7.80. The quantitative estimate of drug-likeness (QED) is 0.495. The van der Waals surface area contributed by atoms with Gasteiger partial charge in [-0.05, 0) is 49.4 Å². The minimum Gasteiger partial charge on any atom is -0.508 e. The largest absolute Gasteiger partial charge is 0.508 e. The van der Waals surface area contributed by atoms with Crippen molar-refractivity contribution in [2.45, 2.75) is 11.5 Å². The van der Waals surface area contributed by atoms with Crippen LogP contribution in [0, 0.1) is 0 Å². The van der Waals surface area contributed by atoms with Gasteiger partial charge in [0.15, 0.2) is 0 Å². The normalized spacial score (nSPS) is 13.5. The van der Waals surface area contributed by atoms with Crippen LogP contribution < -0.4 is 15.5 Å². The Balaban J connectivity index is 1.89. The van der Waals surface area contributed by atoms with E-state index in [0.717, 1.165) is 5.56 Å². The van der Waals surface area contributed by atoms with Gasteiger partial charge in [-0.2, -0.15) is 0 Å². The summed E-state index contributed by atoms with van der Waals surface area (Å²) in [6, 6.07) is 8.31. The van der Waals surface area contributed by atoms with Crippen LogP contribution in [0.4, 0.5) is 11.4 Å². The third-order valence-electron chi connectivity index (χ3n) is 4.05. The maximum absolute atomic E-state index is 12.9. The molecule has 0 spiro atoms. The number of carbonyl (C=O) groups is 1. The van der Waals surface area contributed by atoms with E-state index in [9.17, 15) is 23.3 Å². The Kier molecular flexibility index (Phi) is 5.61. The molecule has 0 atom stereocenters. The van der Waals surface area contributed by atoms with E-state index in [-0.39, 0.29) is 35.2 Å². The maximum Gasteiger partial charge on any atom is 0.491 e. The van der Waals surface area contributed by atoms with Crippen LogP contribution >= 0.6 is 0 Å². The van der Waals surface area contributed by atoms with Crippen LogP contribution in [0.2, 0.25) is 0 Å². The Labute approximate surface area is 163 Å². The molecule has 1 heterocycles. The molecule has 4 N–H and O–H groups in total. The molecule has 1 aliphatic rings. The van der Waals surface area contributed by atoms with Gasteiger partial charge in [-0.15, -0.1) is 0 Å². The van der Waals surface area contributed by atoms with Crippen LogP contribution in [0.3, 0.4) is 0 Å². The lowest BCUT2D eigenvalue weighted by Crippen LogP contribution is -2.29. The van der Waals surface area contributed by atoms with Gasteiger partial charge in [-0.3, -0.25) is 9.52 Å². The highest BCUT2D eigenvalue weighted by Gasteiger charge is 2.28. The number of rotatable bonds is 6. The monoisotopic (exact) mass is 405 g/mol. The highest BCUT2D eigenvalue weighted by Crippen LogP contribution is 2.28. The van der Waals surface area contributed by atoms with Crippen molar-refractivity contribution in [3.63, 3.8) is 0 Å². The number of hydrogen-bond donors (Lipinski definition) is 4. The summed E-state index contributed by atoms with van der Waals surface area (Å²) in [6.45, 7) is 0.300. The fourth-order valence-electron chi connectivity index (χ4n) is 2.82. The molecule has 3 rings (SSSR count). The summed E-state index contributed by atoms with van der Waals surface area (Å²) in [5, 5.41) is 22.0. The molecule has 0 unspecified atom stereocenters. The summed E-state index contributed by atoms with van der Waals surface area (Å²) < 4.78 is 33.3. The molecule has 0 radical (unpaired) electrons. The molecule has 0 bridgehead atoms. The van der Waals surface area contributed by atoms with Crippen molar-refractivity contribution in [2.75, 3.05) is 30.7 Å². The van der Waals surface area contributed by atoms with Crippen molar-refractivity contribution in [1.82, 2.24) is 4.90 Å². The number of nitrogens with zero attached hydrogens (tertiary/aromatic N) is 1. The molecule has 1 amide bonds. The van der Waals surface area contributed by atoms with E-state index in [2.05, 4.69) is 10.0 Å². The third-order valence-corrected chi connectivity index (χ3v) is 5.49. The van der Waals surface area contributed by atoms with Gasteiger partial charge in [0.2, 0.25) is 5.91 Å². The Morgan fingerprint density at radius 1 is 1.25 bits per heavy atom. The molecule has 28 heavy (non-hydrogen) atoms. The van der Waals surface area contributed by atoms with Crippen LogP contribution in [0.1, 0.15) is 5.56 Å². The van der Waals surface area contributed by atoms with Gasteiger partial charge in [0.25, 0.3) is 10.0 Å². The minimum atomic E-state index is -4.08. The van der Waals surface area contributed by atoms with Crippen molar-refractivity contribution in [3.8, 4) is 5.75 Å². The van der Waals surface area contributed by atoms with Crippen molar-refractivity contribution in [2.24, 2.45) is 0 Å². The molecule has 0 aliphatic carbocycles. The predicted molar refractivity (Wildman–Crippen MR) is 105 cm³/mol. The molecule has 0 saturated heterocycles. The Morgan fingerprint density at radius 2 is 2.00 bits per heavy atom. The third kappa shape index (κ3) is 4.45. The molecule has 11 heteroatoms. The van der Waals surface area contributed by atoms with Gasteiger partial charge in [0.05, 0.1) is 18.8 Å². The molecular formula is C17H20BN3O6S. The molecule has 1 aliphatic heterocycles. The van der Waals surface area contributed by atoms with Gasteiger partial charge in [0, 0.05) is 11.8 Å². The number of nitrogens with one attached hydrogen (secondary N) is 2. The topological polar surface area (TPSA) is 128 Å². The highest BCUT2D eigenvalue weighted by molar-refractivity contribution is 7.92. The lowest BCUT2D eigenvalue weighted by atomic mass is 9.79. The summed E-state index contributed by atoms with van der Waals surface area (Å²) in [5.74, 6) is -0.609. The summed E-state index contributed by atoms with van der Waals surface area (Å²) in [6.07, 6.45) is 0. The zero-order chi connectivity index (χ0) is 20.5. The molecular weight excluding hydrogens is 385 g/mol. The molecule has 2 aromatic carbocycles. The number of benzene rings is 2. The summed E-state index contributed by atoms with van der Waals surface area (Å²) >= 11 is 0. The molecule has 0 saturated carbocycles. The van der Waals surface area contributed by atoms with Gasteiger partial charge in [-0.1, -0.05) is 6.07 Å². The second-order valence-electron chi connectivity index (χ2n) is 6.65. The first-order valence-electron chi connectivity index (χ1n) is 8.38. The van der Waals surface area contributed by atoms with Crippen LogP contribution in [-0.4, -0.2) is 57.1 Å². The number of fused-ring (bicyclic) bond motifs is 1. The first-order valence-corrected chi connectivity index (χ1v) is 9.87. The van der Waals surface area contributed by atoms with Crippen molar-refractivity contribution in [3.05, 3.63) is 42.0 Å². The van der Waals surface area contributed by atoms with Crippen molar-refractivity contribution >= 4 is 39.9 Å². The highest BCUT2D eigenvalue weighted by atomic mass is 32.2. The maximum atomic E-state index is 12.9. The fourth-order valence-corrected chi connectivity index (χ4v) is 4.01. The average Bonchev–Trinajstić information content (AvgIpc) is 2.94. The number of hydrogen-bond acceptors (Lipinski definition) is 7. The van der Waals surface area contributed by atoms with E-state index in [1.54, 1.807) is 31.1 Å². The van der Waals surface area contributed by atoms with Crippen molar-refractivity contribution in [1.29, 1.82) is 0 Å². The molecule has 0 fully saturated rings. The van der Waals surface area contributed by atoms with Gasteiger partial charge in [-0.25, -0.2) is 8.42 Å². The van der Waals surface area contributed by atoms with Gasteiger partial charge < -0.3 is 25.0 Å². The first-order chi connectivity index (χ1) is 13.2. The van der Waals surface area contributed by atoms with Gasteiger partial charge in [0.1, 0.15) is 10.6 Å². The van der Waals surface area contributed by atoms with E-state index in [1.807, 2.05) is 0 Å². The van der Waals surface area contributed by atoms with Crippen LogP contribution in [0.15, 0.2) is 41.3 Å². The number of aromatic hydroxyl groups is 1. The fraction of sp³-hybridized carbons (Fsp3) is 0.235. The number of phenols is 1. The molecule has 2 aromatic rings. The van der Waals surface area contributed by atoms with Crippen LogP contribution in [0.25, 0.3) is 0 Å². The molecule has 148 valence electrons. The number of amides is 1. The Bertz CT molecular complexity index is 1010. The zero-order valence-corrected chi connectivity index (χ0v) is 16.2. The Hall–Kier alpha value is -2.60. The van der Waals surface area contributed by atoms with E-state index in [4.69, 9.17) is 4.65 Å². The standard InChI is InChI=1S/C17H20BN3O6S/c1-21(2)9-17(23)19-15-8-13(22)5-6-16(15)28(25,26)20-12-4-3-11-10-27-18(24)14(11)7-12/h3-8,20,22,24H,9-10H2,1-2H3,(H,19,23). The van der Waals surface area contributed by atoms with Crippen molar-refractivity contribution < 1.29 is 28.0 Å². The minimum absolute atomic E-state index is 0.0381. The van der Waals surface area contributed by atoms with E-state index in [0.29, 0.717) is 5.46 Å². The van der Waals surface area contributed by atoms with E-state index < -0.39 is 23.0 Å². The number of carbonyl (C=O) groups excluding carboxylic acids is 1. The first kappa shape index (κ1) is 20.1. The zero-order valence-electron chi connectivity index (χ0n) is 15.3. The lowest BCUT2D eigenvalue weighted by molar-refractivity contribution is -0.116. The summed E-state index contributed by atoms with van der Waals surface area (Å²) in [5.41, 5.74) is 1.47. The number of phenolic OH excluding ortho intramolecular Hbond substituents is 1. The van der Waals surface area contributed by atoms with E-state index >= 15 is 0 Å². The predicted octanol–water partition coefficient (Wildman–Crippen LogP) is -0.0892. The van der Waals surface area contributed by atoms with Gasteiger partial charge >= 0.3 is 7.12 Å². The van der Waals surface area contributed by atoms with Crippen LogP contribution in [-0.2, 0) is 26.1 Å².